The number of alkyl halides is 3. The first kappa shape index (κ1) is 16.5. The lowest BCUT2D eigenvalue weighted by Crippen LogP contribution is -2.40. The fraction of sp³-hybridized carbons (Fsp3) is 0.364. The molecule has 0 fully saturated rings. The van der Waals surface area contributed by atoms with Gasteiger partial charge in [-0.05, 0) is 34.1 Å². The number of halogens is 5. The van der Waals surface area contributed by atoms with E-state index in [0.717, 1.165) is 0 Å². The summed E-state index contributed by atoms with van der Waals surface area (Å²) in [6, 6.07) is 4.54. The Kier molecular flexibility index (Phi) is 5.82. The highest BCUT2D eigenvalue weighted by atomic mass is 79.9. The fourth-order valence-corrected chi connectivity index (χ4v) is 2.64. The minimum Gasteiger partial charge on any atom is -0.395 e. The summed E-state index contributed by atoms with van der Waals surface area (Å²) in [5, 5.41) is 8.76. The molecule has 3 nitrogen and oxygen atoms in total. The predicted octanol–water partition coefficient (Wildman–Crippen LogP) is 3.21. The Morgan fingerprint density at radius 1 is 1.32 bits per heavy atom. The van der Waals surface area contributed by atoms with Crippen LogP contribution in [0.25, 0.3) is 0 Å². The van der Waals surface area contributed by atoms with Crippen molar-refractivity contribution in [2.75, 3.05) is 19.7 Å². The van der Waals surface area contributed by atoms with E-state index in [0.29, 0.717) is 13.8 Å². The average Bonchev–Trinajstić information content (AvgIpc) is 2.26. The van der Waals surface area contributed by atoms with Crippen molar-refractivity contribution in [2.45, 2.75) is 6.18 Å². The lowest BCUT2D eigenvalue weighted by atomic mass is 10.2. The molecule has 0 saturated carbocycles. The smallest absolute Gasteiger partial charge is 0.395 e. The van der Waals surface area contributed by atoms with Crippen LogP contribution in [0.15, 0.2) is 27.1 Å². The minimum atomic E-state index is -4.51. The molecule has 1 amide bonds. The Labute approximate surface area is 124 Å². The van der Waals surface area contributed by atoms with Gasteiger partial charge in [-0.2, -0.15) is 13.2 Å². The van der Waals surface area contributed by atoms with Gasteiger partial charge in [0.1, 0.15) is 6.54 Å². The summed E-state index contributed by atoms with van der Waals surface area (Å²) in [6.45, 7) is -2.30. The molecule has 1 aromatic rings. The van der Waals surface area contributed by atoms with Crippen LogP contribution in [-0.4, -0.2) is 41.8 Å². The number of amides is 1. The zero-order chi connectivity index (χ0) is 14.6. The lowest BCUT2D eigenvalue weighted by Gasteiger charge is -2.23. The second kappa shape index (κ2) is 6.71. The average molecular weight is 405 g/mol. The van der Waals surface area contributed by atoms with Gasteiger partial charge in [-0.1, -0.05) is 15.9 Å². The Bertz CT molecular complexity index is 466. The van der Waals surface area contributed by atoms with Gasteiger partial charge in [0.2, 0.25) is 0 Å². The van der Waals surface area contributed by atoms with Crippen molar-refractivity contribution in [1.29, 1.82) is 0 Å². The van der Waals surface area contributed by atoms with Gasteiger partial charge in [0.25, 0.3) is 5.91 Å². The Morgan fingerprint density at radius 2 is 1.95 bits per heavy atom. The molecule has 1 N–H and O–H groups in total. The van der Waals surface area contributed by atoms with Gasteiger partial charge in [0.05, 0.1) is 12.2 Å². The third-order valence-corrected chi connectivity index (χ3v) is 3.34. The van der Waals surface area contributed by atoms with Crippen molar-refractivity contribution >= 4 is 37.8 Å². The molecule has 8 heteroatoms. The molecule has 0 saturated heterocycles. The molecular formula is C11H10Br2F3NO2. The summed E-state index contributed by atoms with van der Waals surface area (Å²) >= 11 is 6.31. The Morgan fingerprint density at radius 3 is 2.42 bits per heavy atom. The largest absolute Gasteiger partial charge is 0.406 e. The first-order chi connectivity index (χ1) is 8.74. The molecule has 0 radical (unpaired) electrons. The normalized spacial score (nSPS) is 11.5. The number of carbonyl (C=O) groups is 1. The standard InChI is InChI=1S/C11H10Br2F3NO2/c12-7-1-2-8(9(13)5-7)10(19)17(3-4-18)6-11(14,15)16/h1-2,5,18H,3-4,6H2. The maximum Gasteiger partial charge on any atom is 0.406 e. The van der Waals surface area contributed by atoms with Gasteiger partial charge in [0, 0.05) is 15.5 Å². The van der Waals surface area contributed by atoms with E-state index in [1.54, 1.807) is 12.1 Å². The maximum absolute atomic E-state index is 12.4. The van der Waals surface area contributed by atoms with Crippen LogP contribution in [0.5, 0.6) is 0 Å². The van der Waals surface area contributed by atoms with E-state index in [-0.39, 0.29) is 12.1 Å². The number of carbonyl (C=O) groups excluding carboxylic acids is 1. The second-order valence-corrected chi connectivity index (χ2v) is 5.46. The van der Waals surface area contributed by atoms with Crippen LogP contribution < -0.4 is 0 Å². The van der Waals surface area contributed by atoms with Crippen LogP contribution in [0, 0.1) is 0 Å². The third-order valence-electron chi connectivity index (χ3n) is 2.19. The molecule has 0 aliphatic carbocycles. The van der Waals surface area contributed by atoms with E-state index in [9.17, 15) is 18.0 Å². The number of aliphatic hydroxyl groups excluding tert-OH is 1. The molecule has 0 aliphatic heterocycles. The number of aliphatic hydroxyl groups is 1. The van der Waals surface area contributed by atoms with Crippen molar-refractivity contribution in [3.63, 3.8) is 0 Å². The quantitative estimate of drug-likeness (QED) is 0.837. The Balaban J connectivity index is 2.99. The highest BCUT2D eigenvalue weighted by Gasteiger charge is 2.33. The summed E-state index contributed by atoms with van der Waals surface area (Å²) in [5.41, 5.74) is 0.112. The van der Waals surface area contributed by atoms with Crippen LogP contribution in [0.2, 0.25) is 0 Å². The van der Waals surface area contributed by atoms with Crippen molar-refractivity contribution in [3.8, 4) is 0 Å². The van der Waals surface area contributed by atoms with Crippen LogP contribution >= 0.6 is 31.9 Å². The highest BCUT2D eigenvalue weighted by molar-refractivity contribution is 9.11. The second-order valence-electron chi connectivity index (χ2n) is 3.69. The molecule has 0 spiro atoms. The first-order valence-electron chi connectivity index (χ1n) is 5.16. The van der Waals surface area contributed by atoms with Crippen molar-refractivity contribution in [3.05, 3.63) is 32.7 Å². The molecule has 0 heterocycles. The lowest BCUT2D eigenvalue weighted by molar-refractivity contribution is -0.141. The van der Waals surface area contributed by atoms with Gasteiger partial charge in [-0.3, -0.25) is 4.79 Å². The van der Waals surface area contributed by atoms with E-state index < -0.39 is 25.2 Å². The van der Waals surface area contributed by atoms with Crippen LogP contribution in [0.4, 0.5) is 13.2 Å². The number of hydrogen-bond acceptors (Lipinski definition) is 2. The van der Waals surface area contributed by atoms with Crippen LogP contribution in [-0.2, 0) is 0 Å². The zero-order valence-corrected chi connectivity index (χ0v) is 12.7. The summed E-state index contributed by atoms with van der Waals surface area (Å²) in [5.74, 6) is -0.786. The number of benzene rings is 1. The number of rotatable bonds is 4. The summed E-state index contributed by atoms with van der Waals surface area (Å²) in [7, 11) is 0. The molecule has 0 bridgehead atoms. The maximum atomic E-state index is 12.4. The first-order valence-corrected chi connectivity index (χ1v) is 6.75. The highest BCUT2D eigenvalue weighted by Crippen LogP contribution is 2.24. The van der Waals surface area contributed by atoms with Gasteiger partial charge in [-0.25, -0.2) is 0 Å². The van der Waals surface area contributed by atoms with Crippen LogP contribution in [0.3, 0.4) is 0 Å². The van der Waals surface area contributed by atoms with Crippen molar-refractivity contribution in [2.24, 2.45) is 0 Å². The van der Waals surface area contributed by atoms with Crippen molar-refractivity contribution < 1.29 is 23.1 Å². The summed E-state index contributed by atoms with van der Waals surface area (Å²) in [6.07, 6.45) is -4.51. The summed E-state index contributed by atoms with van der Waals surface area (Å²) < 4.78 is 38.2. The van der Waals surface area contributed by atoms with Gasteiger partial charge in [-0.15, -0.1) is 0 Å². The predicted molar refractivity (Wildman–Crippen MR) is 70.9 cm³/mol. The molecule has 0 unspecified atom stereocenters. The third kappa shape index (κ3) is 5.12. The van der Waals surface area contributed by atoms with E-state index >= 15 is 0 Å². The SMILES string of the molecule is O=C(c1ccc(Br)cc1Br)N(CCO)CC(F)(F)F. The molecule has 106 valence electrons. The monoisotopic (exact) mass is 403 g/mol. The molecule has 0 aromatic heterocycles. The molecule has 1 rings (SSSR count). The van der Waals surface area contributed by atoms with E-state index in [1.165, 1.54) is 6.07 Å². The fourth-order valence-electron chi connectivity index (χ4n) is 1.42. The van der Waals surface area contributed by atoms with Gasteiger partial charge in [0.15, 0.2) is 0 Å². The molecule has 1 aromatic carbocycles. The Hall–Kier alpha value is -0.600. The minimum absolute atomic E-state index is 0.112. The van der Waals surface area contributed by atoms with E-state index in [4.69, 9.17) is 5.11 Å². The van der Waals surface area contributed by atoms with E-state index in [1.807, 2.05) is 0 Å². The topological polar surface area (TPSA) is 40.5 Å². The van der Waals surface area contributed by atoms with E-state index in [2.05, 4.69) is 31.9 Å². The van der Waals surface area contributed by atoms with Crippen molar-refractivity contribution in [1.82, 2.24) is 4.90 Å². The molecule has 19 heavy (non-hydrogen) atoms. The molecular weight excluding hydrogens is 395 g/mol. The number of nitrogens with zero attached hydrogens (tertiary/aromatic N) is 1. The zero-order valence-electron chi connectivity index (χ0n) is 9.55. The summed E-state index contributed by atoms with van der Waals surface area (Å²) in [4.78, 5) is 12.6. The van der Waals surface area contributed by atoms with Crippen LogP contribution in [0.1, 0.15) is 10.4 Å². The van der Waals surface area contributed by atoms with Gasteiger partial charge < -0.3 is 10.0 Å². The van der Waals surface area contributed by atoms with Gasteiger partial charge >= 0.3 is 6.18 Å². The number of hydrogen-bond donors (Lipinski definition) is 1. The molecule has 0 atom stereocenters. The molecule has 0 aliphatic rings.